The number of rotatable bonds is 6. The fraction of sp³-hybridized carbons (Fsp3) is 0.154. The Hall–Kier alpha value is -2.41. The van der Waals surface area contributed by atoms with Crippen LogP contribution in [0.5, 0.6) is 11.5 Å². The molecule has 0 spiro atoms. The number of hydrogen-bond donors (Lipinski definition) is 0. The molecule has 0 aliphatic rings. The molecule has 0 radical (unpaired) electrons. The number of nitro groups is 1. The van der Waals surface area contributed by atoms with Gasteiger partial charge in [-0.05, 0) is 23.6 Å². The molecule has 1 aromatic heterocycles. The van der Waals surface area contributed by atoms with Crippen LogP contribution in [-0.2, 0) is 0 Å². The smallest absolute Gasteiger partial charge is 0.314 e. The average Bonchev–Trinajstić information content (AvgIpc) is 2.98. The first kappa shape index (κ1) is 14.0. The summed E-state index contributed by atoms with van der Waals surface area (Å²) in [5.74, 6) is 0.229. The summed E-state index contributed by atoms with van der Waals surface area (Å²) in [6.07, 6.45) is 0. The molecule has 0 aliphatic carbocycles. The Kier molecular flexibility index (Phi) is 4.31. The molecular weight excluding hydrogens is 282 g/mol. The number of nitrogens with zero attached hydrogens (tertiary/aromatic N) is 1. The minimum Gasteiger partial charge on any atom is -0.490 e. The first-order valence-corrected chi connectivity index (χ1v) is 6.51. The number of thiophene rings is 1. The zero-order valence-corrected chi connectivity index (χ0v) is 11.4. The average molecular weight is 293 g/mol. The maximum atomic E-state index is 11.7. The Labute approximate surface area is 118 Å². The first-order valence-electron chi connectivity index (χ1n) is 5.63. The van der Waals surface area contributed by atoms with Crippen molar-refractivity contribution in [3.8, 4) is 11.5 Å². The Balaban J connectivity index is 2.08. The highest BCUT2D eigenvalue weighted by molar-refractivity contribution is 7.12. The fourth-order valence-electron chi connectivity index (χ4n) is 1.56. The second kappa shape index (κ2) is 6.16. The van der Waals surface area contributed by atoms with E-state index >= 15 is 0 Å². The van der Waals surface area contributed by atoms with Crippen LogP contribution < -0.4 is 9.47 Å². The minimum absolute atomic E-state index is 0.145. The van der Waals surface area contributed by atoms with E-state index in [0.29, 0.717) is 4.88 Å². The van der Waals surface area contributed by atoms with Gasteiger partial charge in [0.25, 0.3) is 0 Å². The third-order valence-electron chi connectivity index (χ3n) is 2.51. The molecule has 1 aromatic carbocycles. The molecule has 104 valence electrons. The van der Waals surface area contributed by atoms with Crippen molar-refractivity contribution in [1.29, 1.82) is 0 Å². The van der Waals surface area contributed by atoms with Gasteiger partial charge in [0.1, 0.15) is 5.75 Å². The van der Waals surface area contributed by atoms with Crippen LogP contribution in [0.4, 0.5) is 5.69 Å². The highest BCUT2D eigenvalue weighted by Gasteiger charge is 2.16. The number of carbonyl (C=O) groups excluding carboxylic acids is 1. The van der Waals surface area contributed by atoms with Crippen molar-refractivity contribution in [2.45, 2.75) is 0 Å². The Bertz CT molecular complexity index is 624. The lowest BCUT2D eigenvalue weighted by atomic mass is 10.2. The third kappa shape index (κ3) is 3.12. The summed E-state index contributed by atoms with van der Waals surface area (Å²) in [5, 5.41) is 12.7. The molecule has 0 aliphatic heterocycles. The number of carbonyl (C=O) groups is 1. The molecule has 6 nitrogen and oxygen atoms in total. The summed E-state index contributed by atoms with van der Waals surface area (Å²) in [7, 11) is 1.35. The van der Waals surface area contributed by atoms with Gasteiger partial charge < -0.3 is 9.47 Å². The fourth-order valence-corrected chi connectivity index (χ4v) is 2.21. The maximum Gasteiger partial charge on any atom is 0.314 e. The molecule has 2 rings (SSSR count). The van der Waals surface area contributed by atoms with Gasteiger partial charge in [0, 0.05) is 0 Å². The standard InChI is InChI=1S/C13H11NO5S/c1-18-12-5-4-9(7-10(12)14(16)17)19-8-11(15)13-3-2-6-20-13/h2-7H,8H2,1H3. The molecule has 1 heterocycles. The largest absolute Gasteiger partial charge is 0.490 e. The Morgan fingerprint density at radius 2 is 2.20 bits per heavy atom. The van der Waals surface area contributed by atoms with E-state index in [-0.39, 0.29) is 29.6 Å². The van der Waals surface area contributed by atoms with Gasteiger partial charge in [-0.1, -0.05) is 6.07 Å². The van der Waals surface area contributed by atoms with Crippen LogP contribution in [0.3, 0.4) is 0 Å². The van der Waals surface area contributed by atoms with Gasteiger partial charge in [0.15, 0.2) is 12.4 Å². The van der Waals surface area contributed by atoms with Crippen LogP contribution >= 0.6 is 11.3 Å². The summed E-state index contributed by atoms with van der Waals surface area (Å²) in [6, 6.07) is 7.67. The predicted molar refractivity (Wildman–Crippen MR) is 73.8 cm³/mol. The maximum absolute atomic E-state index is 11.7. The van der Waals surface area contributed by atoms with Crippen LogP contribution in [0, 0.1) is 10.1 Å². The van der Waals surface area contributed by atoms with Crippen LogP contribution in [0.15, 0.2) is 35.7 Å². The van der Waals surface area contributed by atoms with Gasteiger partial charge in [0.05, 0.1) is 23.0 Å². The number of benzene rings is 1. The van der Waals surface area contributed by atoms with Crippen molar-refractivity contribution in [3.05, 3.63) is 50.7 Å². The molecule has 0 amide bonds. The van der Waals surface area contributed by atoms with Crippen LogP contribution in [0.25, 0.3) is 0 Å². The molecule has 0 atom stereocenters. The number of Topliss-reactive ketones (excluding diaryl/α,β-unsaturated/α-hetero) is 1. The molecule has 0 saturated heterocycles. The number of nitro benzene ring substituents is 1. The van der Waals surface area contributed by atoms with E-state index in [4.69, 9.17) is 9.47 Å². The van der Waals surface area contributed by atoms with E-state index in [0.717, 1.165) is 0 Å². The quantitative estimate of drug-likeness (QED) is 0.465. The molecule has 0 saturated carbocycles. The second-order valence-electron chi connectivity index (χ2n) is 3.78. The molecule has 7 heteroatoms. The van der Waals surface area contributed by atoms with Gasteiger partial charge in [0.2, 0.25) is 5.78 Å². The normalized spacial score (nSPS) is 10.1. The summed E-state index contributed by atoms with van der Waals surface area (Å²) in [6.45, 7) is -0.163. The van der Waals surface area contributed by atoms with E-state index < -0.39 is 4.92 Å². The monoisotopic (exact) mass is 293 g/mol. The Morgan fingerprint density at radius 1 is 1.40 bits per heavy atom. The molecular formula is C13H11NO5S. The molecule has 0 fully saturated rings. The van der Waals surface area contributed by atoms with E-state index in [9.17, 15) is 14.9 Å². The minimum atomic E-state index is -0.563. The van der Waals surface area contributed by atoms with Crippen molar-refractivity contribution < 1.29 is 19.2 Å². The number of hydrogen-bond acceptors (Lipinski definition) is 6. The molecule has 0 N–H and O–H groups in total. The van der Waals surface area contributed by atoms with Crippen LogP contribution in [-0.4, -0.2) is 24.4 Å². The van der Waals surface area contributed by atoms with Gasteiger partial charge in [-0.2, -0.15) is 0 Å². The molecule has 20 heavy (non-hydrogen) atoms. The van der Waals surface area contributed by atoms with Gasteiger partial charge in [-0.25, -0.2) is 0 Å². The summed E-state index contributed by atoms with van der Waals surface area (Å²) >= 11 is 1.32. The summed E-state index contributed by atoms with van der Waals surface area (Å²) in [5.41, 5.74) is -0.200. The van der Waals surface area contributed by atoms with Gasteiger partial charge in [-0.15, -0.1) is 11.3 Å². The lowest BCUT2D eigenvalue weighted by Gasteiger charge is -2.06. The zero-order valence-electron chi connectivity index (χ0n) is 10.6. The van der Waals surface area contributed by atoms with E-state index in [1.165, 1.54) is 36.6 Å². The molecule has 0 unspecified atom stereocenters. The lowest BCUT2D eigenvalue weighted by Crippen LogP contribution is -2.10. The molecule has 2 aromatic rings. The summed E-state index contributed by atoms with van der Waals surface area (Å²) < 4.78 is 10.2. The third-order valence-corrected chi connectivity index (χ3v) is 3.42. The second-order valence-corrected chi connectivity index (χ2v) is 4.73. The summed E-state index contributed by atoms with van der Waals surface area (Å²) in [4.78, 5) is 22.6. The van der Waals surface area contributed by atoms with Crippen LogP contribution in [0.2, 0.25) is 0 Å². The van der Waals surface area contributed by atoms with E-state index in [2.05, 4.69) is 0 Å². The van der Waals surface area contributed by atoms with Crippen molar-refractivity contribution >= 4 is 22.8 Å². The van der Waals surface area contributed by atoms with E-state index in [1.807, 2.05) is 0 Å². The highest BCUT2D eigenvalue weighted by atomic mass is 32.1. The number of methoxy groups -OCH3 is 1. The van der Waals surface area contributed by atoms with Gasteiger partial charge in [-0.3, -0.25) is 14.9 Å². The van der Waals surface area contributed by atoms with Crippen LogP contribution in [0.1, 0.15) is 9.67 Å². The first-order chi connectivity index (χ1) is 9.61. The van der Waals surface area contributed by atoms with Crippen molar-refractivity contribution in [3.63, 3.8) is 0 Å². The van der Waals surface area contributed by atoms with Gasteiger partial charge >= 0.3 is 5.69 Å². The van der Waals surface area contributed by atoms with Crippen molar-refractivity contribution in [2.75, 3.05) is 13.7 Å². The van der Waals surface area contributed by atoms with Crippen molar-refractivity contribution in [1.82, 2.24) is 0 Å². The number of ketones is 1. The van der Waals surface area contributed by atoms with Crippen molar-refractivity contribution in [2.24, 2.45) is 0 Å². The molecule has 0 bridgehead atoms. The number of ether oxygens (including phenoxy) is 2. The topological polar surface area (TPSA) is 78.7 Å². The zero-order chi connectivity index (χ0) is 14.5. The lowest BCUT2D eigenvalue weighted by molar-refractivity contribution is -0.385. The SMILES string of the molecule is COc1ccc(OCC(=O)c2cccs2)cc1[N+](=O)[O-]. The highest BCUT2D eigenvalue weighted by Crippen LogP contribution is 2.30. The Morgan fingerprint density at radius 3 is 2.80 bits per heavy atom. The van der Waals surface area contributed by atoms with E-state index in [1.54, 1.807) is 17.5 Å². The predicted octanol–water partition coefficient (Wildman–Crippen LogP) is 2.93.